The molecule has 1 aliphatic rings. The second-order valence-electron chi connectivity index (χ2n) is 6.40. The number of rotatable bonds is 5. The highest BCUT2D eigenvalue weighted by Gasteiger charge is 2.29. The van der Waals surface area contributed by atoms with Crippen molar-refractivity contribution in [3.05, 3.63) is 29.8 Å². The molecule has 1 heterocycles. The number of halogens is 1. The number of nitrogens with two attached hydrogens (primary N) is 1. The van der Waals surface area contributed by atoms with Gasteiger partial charge in [-0.2, -0.15) is 0 Å². The van der Waals surface area contributed by atoms with Crippen molar-refractivity contribution < 1.29 is 9.53 Å². The fourth-order valence-electron chi connectivity index (χ4n) is 2.97. The molecule has 2 unspecified atom stereocenters. The maximum absolute atomic E-state index is 12.6. The molecule has 0 saturated carbocycles. The van der Waals surface area contributed by atoms with E-state index in [1.54, 1.807) is 0 Å². The van der Waals surface area contributed by atoms with E-state index in [2.05, 4.69) is 19.9 Å². The molecule has 2 rings (SSSR count). The molecule has 2 N–H and O–H groups in total. The lowest BCUT2D eigenvalue weighted by Gasteiger charge is -2.36. The number of hydrogen-bond donors (Lipinski definition) is 1. The minimum Gasteiger partial charge on any atom is -0.481 e. The average molecular weight is 341 g/mol. The van der Waals surface area contributed by atoms with Crippen molar-refractivity contribution in [3.8, 4) is 5.75 Å². The average Bonchev–Trinajstić information content (AvgIpc) is 2.54. The van der Waals surface area contributed by atoms with Gasteiger partial charge in [-0.25, -0.2) is 0 Å². The number of carbonyl (C=O) groups is 1. The molecule has 2 atom stereocenters. The third-order valence-corrected chi connectivity index (χ3v) is 4.37. The molecule has 0 aliphatic carbocycles. The van der Waals surface area contributed by atoms with Crippen LogP contribution in [-0.2, 0) is 4.79 Å². The highest BCUT2D eigenvalue weighted by atomic mass is 35.5. The quantitative estimate of drug-likeness (QED) is 0.894. The summed E-state index contributed by atoms with van der Waals surface area (Å²) in [4.78, 5) is 14.5. The lowest BCUT2D eigenvalue weighted by Crippen LogP contribution is -2.51. The summed E-state index contributed by atoms with van der Waals surface area (Å²) in [7, 11) is 0. The van der Waals surface area contributed by atoms with Gasteiger partial charge in [-0.3, -0.25) is 4.79 Å². The van der Waals surface area contributed by atoms with Crippen LogP contribution in [0.5, 0.6) is 5.75 Å². The van der Waals surface area contributed by atoms with Crippen molar-refractivity contribution in [2.45, 2.75) is 58.1 Å². The highest BCUT2D eigenvalue weighted by molar-refractivity contribution is 5.85. The number of nitrogens with zero attached hydrogens (tertiary/aromatic N) is 1. The van der Waals surface area contributed by atoms with Gasteiger partial charge in [0.2, 0.25) is 0 Å². The SMILES string of the molecule is CC(Oc1cccc(C(C)C)c1)C(=O)N1CCCCC1CN.Cl. The molecule has 0 radical (unpaired) electrons. The molecule has 0 aromatic heterocycles. The molecule has 1 saturated heterocycles. The second kappa shape index (κ2) is 9.14. The van der Waals surface area contributed by atoms with Crippen molar-refractivity contribution in [2.24, 2.45) is 5.73 Å². The zero-order chi connectivity index (χ0) is 16.1. The molecule has 130 valence electrons. The van der Waals surface area contributed by atoms with Crippen molar-refractivity contribution in [1.82, 2.24) is 4.90 Å². The van der Waals surface area contributed by atoms with Crippen LogP contribution < -0.4 is 10.5 Å². The Balaban J connectivity index is 0.00000264. The van der Waals surface area contributed by atoms with E-state index in [0.717, 1.165) is 31.6 Å². The summed E-state index contributed by atoms with van der Waals surface area (Å²) in [6.07, 6.45) is 2.72. The van der Waals surface area contributed by atoms with E-state index in [9.17, 15) is 4.79 Å². The number of likely N-dealkylation sites (tertiary alicyclic amines) is 1. The van der Waals surface area contributed by atoms with E-state index in [-0.39, 0.29) is 24.4 Å². The summed E-state index contributed by atoms with van der Waals surface area (Å²) in [5.74, 6) is 1.25. The monoisotopic (exact) mass is 340 g/mol. The Morgan fingerprint density at radius 2 is 2.09 bits per heavy atom. The zero-order valence-electron chi connectivity index (χ0n) is 14.3. The maximum atomic E-state index is 12.6. The van der Waals surface area contributed by atoms with Gasteiger partial charge in [0.15, 0.2) is 6.10 Å². The normalized spacial score (nSPS) is 19.2. The lowest BCUT2D eigenvalue weighted by atomic mass is 10.0. The summed E-state index contributed by atoms with van der Waals surface area (Å²) in [5, 5.41) is 0. The summed E-state index contributed by atoms with van der Waals surface area (Å²) < 4.78 is 5.88. The highest BCUT2D eigenvalue weighted by Crippen LogP contribution is 2.22. The number of amides is 1. The van der Waals surface area contributed by atoms with Gasteiger partial charge in [0.25, 0.3) is 5.91 Å². The van der Waals surface area contributed by atoms with Crippen LogP contribution in [0.4, 0.5) is 0 Å². The van der Waals surface area contributed by atoms with E-state index >= 15 is 0 Å². The van der Waals surface area contributed by atoms with E-state index in [4.69, 9.17) is 10.5 Å². The molecule has 1 aromatic rings. The summed E-state index contributed by atoms with van der Waals surface area (Å²) in [5.41, 5.74) is 7.02. The Hall–Kier alpha value is -1.26. The number of carbonyl (C=O) groups excluding carboxylic acids is 1. The van der Waals surface area contributed by atoms with Crippen molar-refractivity contribution in [3.63, 3.8) is 0 Å². The van der Waals surface area contributed by atoms with Gasteiger partial charge in [-0.05, 0) is 49.8 Å². The van der Waals surface area contributed by atoms with E-state index < -0.39 is 6.10 Å². The minimum absolute atomic E-state index is 0. The van der Waals surface area contributed by atoms with Crippen molar-refractivity contribution >= 4 is 18.3 Å². The lowest BCUT2D eigenvalue weighted by molar-refractivity contribution is -0.141. The first-order valence-corrected chi connectivity index (χ1v) is 8.30. The Labute approximate surface area is 145 Å². The van der Waals surface area contributed by atoms with Crippen LogP contribution in [0.15, 0.2) is 24.3 Å². The Kier molecular flexibility index (Phi) is 7.86. The first-order chi connectivity index (χ1) is 10.5. The van der Waals surface area contributed by atoms with Gasteiger partial charge in [0, 0.05) is 19.1 Å². The van der Waals surface area contributed by atoms with Crippen molar-refractivity contribution in [2.75, 3.05) is 13.1 Å². The second-order valence-corrected chi connectivity index (χ2v) is 6.40. The Morgan fingerprint density at radius 1 is 1.35 bits per heavy atom. The minimum atomic E-state index is -0.477. The third kappa shape index (κ3) is 5.11. The molecule has 5 heteroatoms. The van der Waals surface area contributed by atoms with Crippen LogP contribution in [0.25, 0.3) is 0 Å². The Morgan fingerprint density at radius 3 is 2.74 bits per heavy atom. The number of hydrogen-bond acceptors (Lipinski definition) is 3. The molecule has 4 nitrogen and oxygen atoms in total. The maximum Gasteiger partial charge on any atom is 0.263 e. The fourth-order valence-corrected chi connectivity index (χ4v) is 2.97. The van der Waals surface area contributed by atoms with E-state index in [1.165, 1.54) is 5.56 Å². The molecule has 1 aliphatic heterocycles. The third-order valence-electron chi connectivity index (χ3n) is 4.37. The molecular formula is C18H29ClN2O2. The van der Waals surface area contributed by atoms with Crippen LogP contribution in [0.1, 0.15) is 51.5 Å². The van der Waals surface area contributed by atoms with Crippen molar-refractivity contribution in [1.29, 1.82) is 0 Å². The standard InChI is InChI=1S/C18H28N2O2.ClH/c1-13(2)15-7-6-9-17(11-15)22-14(3)18(21)20-10-5-4-8-16(20)12-19;/h6-7,9,11,13-14,16H,4-5,8,10,12,19H2,1-3H3;1H. The van der Waals surface area contributed by atoms with E-state index in [0.29, 0.717) is 12.5 Å². The molecule has 1 fully saturated rings. The molecule has 0 bridgehead atoms. The van der Waals surface area contributed by atoms with Crippen LogP contribution in [0, 0.1) is 0 Å². The number of ether oxygens (including phenoxy) is 1. The predicted octanol–water partition coefficient (Wildman–Crippen LogP) is 3.34. The van der Waals surface area contributed by atoms with Gasteiger partial charge in [0.05, 0.1) is 0 Å². The zero-order valence-corrected chi connectivity index (χ0v) is 15.1. The predicted molar refractivity (Wildman–Crippen MR) is 96.3 cm³/mol. The number of piperidine rings is 1. The molecule has 1 aromatic carbocycles. The Bertz CT molecular complexity index is 508. The van der Waals surface area contributed by atoms with Gasteiger partial charge < -0.3 is 15.4 Å². The number of benzene rings is 1. The first-order valence-electron chi connectivity index (χ1n) is 8.30. The molecular weight excluding hydrogens is 312 g/mol. The van der Waals surface area contributed by atoms with Gasteiger partial charge in [-0.1, -0.05) is 26.0 Å². The van der Waals surface area contributed by atoms with Gasteiger partial charge >= 0.3 is 0 Å². The largest absolute Gasteiger partial charge is 0.481 e. The van der Waals surface area contributed by atoms with Crippen LogP contribution in [-0.4, -0.2) is 36.0 Å². The smallest absolute Gasteiger partial charge is 0.263 e. The summed E-state index contributed by atoms with van der Waals surface area (Å²) in [6.45, 7) is 7.44. The summed E-state index contributed by atoms with van der Waals surface area (Å²) in [6, 6.07) is 8.15. The van der Waals surface area contributed by atoms with Gasteiger partial charge in [-0.15, -0.1) is 12.4 Å². The first kappa shape index (κ1) is 19.8. The van der Waals surface area contributed by atoms with Gasteiger partial charge in [0.1, 0.15) is 5.75 Å². The topological polar surface area (TPSA) is 55.6 Å². The molecule has 23 heavy (non-hydrogen) atoms. The van der Waals surface area contributed by atoms with Crippen LogP contribution in [0.2, 0.25) is 0 Å². The fraction of sp³-hybridized carbons (Fsp3) is 0.611. The van der Waals surface area contributed by atoms with Crippen LogP contribution >= 0.6 is 12.4 Å². The summed E-state index contributed by atoms with van der Waals surface area (Å²) >= 11 is 0. The molecule has 0 spiro atoms. The molecule has 1 amide bonds. The van der Waals surface area contributed by atoms with E-state index in [1.807, 2.05) is 30.0 Å². The van der Waals surface area contributed by atoms with Crippen LogP contribution in [0.3, 0.4) is 0 Å².